The molecule has 3 aromatic carbocycles. The van der Waals surface area contributed by atoms with Crippen molar-refractivity contribution in [3.8, 4) is 34.1 Å². The predicted octanol–water partition coefficient (Wildman–Crippen LogP) is 4.85. The van der Waals surface area contributed by atoms with Gasteiger partial charge in [0, 0.05) is 16.7 Å². The molecule has 0 saturated carbocycles. The highest BCUT2D eigenvalue weighted by atomic mass is 16.5. The van der Waals surface area contributed by atoms with Crippen LogP contribution in [0.2, 0.25) is 0 Å². The predicted molar refractivity (Wildman–Crippen MR) is 119 cm³/mol. The van der Waals surface area contributed by atoms with Crippen LogP contribution in [-0.2, 0) is 6.67 Å². The fourth-order valence-electron chi connectivity index (χ4n) is 3.93. The van der Waals surface area contributed by atoms with E-state index in [2.05, 4.69) is 9.55 Å². The maximum Gasteiger partial charge on any atom is 0.259 e. The van der Waals surface area contributed by atoms with Crippen LogP contribution in [-0.4, -0.2) is 29.7 Å². The van der Waals surface area contributed by atoms with Gasteiger partial charge in [-0.25, -0.2) is 4.98 Å². The van der Waals surface area contributed by atoms with Crippen molar-refractivity contribution >= 4 is 11.6 Å². The molecular formula is C25H21N3O3. The molecule has 0 saturated heterocycles. The van der Waals surface area contributed by atoms with Gasteiger partial charge in [-0.1, -0.05) is 24.3 Å². The first-order chi connectivity index (χ1) is 15.2. The molecule has 31 heavy (non-hydrogen) atoms. The summed E-state index contributed by atoms with van der Waals surface area (Å²) in [5, 5.41) is 0. The number of imidazole rings is 1. The second kappa shape index (κ2) is 7.65. The zero-order chi connectivity index (χ0) is 21.4. The molecule has 6 heteroatoms. The Hall–Kier alpha value is -4.06. The van der Waals surface area contributed by atoms with Crippen LogP contribution < -0.4 is 14.4 Å². The number of rotatable bonds is 4. The largest absolute Gasteiger partial charge is 0.497 e. The Labute approximate surface area is 180 Å². The number of hydrogen-bond donors (Lipinski definition) is 0. The second-order valence-electron chi connectivity index (χ2n) is 7.25. The number of carbonyl (C=O) groups is 1. The number of para-hydroxylation sites is 1. The Kier molecular flexibility index (Phi) is 4.67. The molecule has 1 aromatic heterocycles. The topological polar surface area (TPSA) is 56.6 Å². The maximum absolute atomic E-state index is 13.5. The summed E-state index contributed by atoms with van der Waals surface area (Å²) >= 11 is 0. The number of fused-ring (bicyclic) bond motifs is 3. The van der Waals surface area contributed by atoms with E-state index in [1.54, 1.807) is 31.3 Å². The summed E-state index contributed by atoms with van der Waals surface area (Å²) in [6.45, 7) is 0.365. The summed E-state index contributed by atoms with van der Waals surface area (Å²) in [5.74, 6) is 2.15. The number of carbonyl (C=O) groups excluding carboxylic acids is 1. The van der Waals surface area contributed by atoms with Gasteiger partial charge >= 0.3 is 0 Å². The molecule has 2 heterocycles. The lowest BCUT2D eigenvalue weighted by molar-refractivity contribution is 0.0979. The highest BCUT2D eigenvalue weighted by molar-refractivity contribution is 6.08. The summed E-state index contributed by atoms with van der Waals surface area (Å²) < 4.78 is 12.6. The van der Waals surface area contributed by atoms with Gasteiger partial charge in [-0.15, -0.1) is 0 Å². The molecule has 0 unspecified atom stereocenters. The van der Waals surface area contributed by atoms with Gasteiger partial charge in [-0.05, 0) is 48.5 Å². The summed E-state index contributed by atoms with van der Waals surface area (Å²) in [6.07, 6.45) is 1.87. The lowest BCUT2D eigenvalue weighted by atomic mass is 10.1. The number of aromatic nitrogens is 2. The zero-order valence-corrected chi connectivity index (χ0v) is 17.3. The third kappa shape index (κ3) is 3.22. The van der Waals surface area contributed by atoms with E-state index >= 15 is 0 Å². The Morgan fingerprint density at radius 1 is 0.903 bits per heavy atom. The van der Waals surface area contributed by atoms with E-state index < -0.39 is 0 Å². The van der Waals surface area contributed by atoms with E-state index in [9.17, 15) is 4.79 Å². The van der Waals surface area contributed by atoms with Crippen molar-refractivity contribution < 1.29 is 14.3 Å². The molecule has 1 aliphatic rings. The van der Waals surface area contributed by atoms with Crippen LogP contribution in [0.15, 0.2) is 79.0 Å². The Bertz CT molecular complexity index is 1260. The molecule has 0 atom stereocenters. The normalized spacial score (nSPS) is 12.1. The van der Waals surface area contributed by atoms with Crippen LogP contribution in [0.1, 0.15) is 10.4 Å². The van der Waals surface area contributed by atoms with Crippen LogP contribution in [0, 0.1) is 0 Å². The van der Waals surface area contributed by atoms with E-state index in [0.717, 1.165) is 34.1 Å². The van der Waals surface area contributed by atoms with Crippen LogP contribution in [0.25, 0.3) is 22.6 Å². The molecule has 0 radical (unpaired) electrons. The van der Waals surface area contributed by atoms with E-state index in [4.69, 9.17) is 9.47 Å². The third-order valence-electron chi connectivity index (χ3n) is 5.52. The van der Waals surface area contributed by atoms with Gasteiger partial charge in [0.1, 0.15) is 24.0 Å². The average molecular weight is 411 g/mol. The van der Waals surface area contributed by atoms with Gasteiger partial charge in [-0.2, -0.15) is 0 Å². The molecule has 4 aromatic rings. The van der Waals surface area contributed by atoms with Crippen molar-refractivity contribution in [2.75, 3.05) is 19.1 Å². The maximum atomic E-state index is 13.5. The van der Waals surface area contributed by atoms with Gasteiger partial charge in [0.05, 0.1) is 31.8 Å². The Balaban J connectivity index is 1.60. The minimum atomic E-state index is -0.0913. The molecule has 1 aliphatic heterocycles. The highest BCUT2D eigenvalue weighted by Crippen LogP contribution is 2.39. The van der Waals surface area contributed by atoms with Crippen molar-refractivity contribution in [1.29, 1.82) is 0 Å². The number of nitrogens with zero attached hydrogens (tertiary/aromatic N) is 3. The van der Waals surface area contributed by atoms with Gasteiger partial charge in [0.25, 0.3) is 5.91 Å². The van der Waals surface area contributed by atoms with Gasteiger partial charge in [0.2, 0.25) is 0 Å². The summed E-state index contributed by atoms with van der Waals surface area (Å²) in [4.78, 5) is 20.0. The molecule has 5 rings (SSSR count). The van der Waals surface area contributed by atoms with Crippen molar-refractivity contribution in [2.45, 2.75) is 6.67 Å². The Morgan fingerprint density at radius 2 is 1.68 bits per heavy atom. The van der Waals surface area contributed by atoms with Crippen LogP contribution in [0.4, 0.5) is 5.69 Å². The molecular weight excluding hydrogens is 390 g/mol. The van der Waals surface area contributed by atoms with Crippen molar-refractivity contribution in [2.24, 2.45) is 0 Å². The molecule has 0 fully saturated rings. The molecule has 154 valence electrons. The summed E-state index contributed by atoms with van der Waals surface area (Å²) in [5.41, 5.74) is 4.35. The smallest absolute Gasteiger partial charge is 0.259 e. The fraction of sp³-hybridized carbons (Fsp3) is 0.120. The zero-order valence-electron chi connectivity index (χ0n) is 17.3. The molecule has 0 N–H and O–H groups in total. The first-order valence-electron chi connectivity index (χ1n) is 9.95. The summed E-state index contributed by atoms with van der Waals surface area (Å²) in [6, 6.07) is 22.9. The quantitative estimate of drug-likeness (QED) is 0.482. The number of amides is 1. The lowest BCUT2D eigenvalue weighted by Gasteiger charge is -2.31. The van der Waals surface area contributed by atoms with Crippen LogP contribution >= 0.6 is 0 Å². The standard InChI is InChI=1S/C25H21N3O3/c1-30-19-12-10-17(11-13-19)24-26-15-23-21-8-3-4-9-22(21)28(16-27(23)24)25(29)18-6-5-7-20(14-18)31-2/h3-15H,16H2,1-2H3. The minimum absolute atomic E-state index is 0.0913. The first-order valence-corrected chi connectivity index (χ1v) is 9.95. The molecule has 1 amide bonds. The molecule has 0 bridgehead atoms. The van der Waals surface area contributed by atoms with Crippen LogP contribution in [0.3, 0.4) is 0 Å². The average Bonchev–Trinajstić information content (AvgIpc) is 3.27. The number of methoxy groups -OCH3 is 2. The third-order valence-corrected chi connectivity index (χ3v) is 5.52. The monoisotopic (exact) mass is 411 g/mol. The highest BCUT2D eigenvalue weighted by Gasteiger charge is 2.29. The number of anilines is 1. The number of benzene rings is 3. The molecule has 0 aliphatic carbocycles. The molecule has 0 spiro atoms. The van der Waals surface area contributed by atoms with E-state index in [1.165, 1.54) is 0 Å². The van der Waals surface area contributed by atoms with Crippen LogP contribution in [0.5, 0.6) is 11.5 Å². The summed E-state index contributed by atoms with van der Waals surface area (Å²) in [7, 11) is 3.24. The fourth-order valence-corrected chi connectivity index (χ4v) is 3.93. The van der Waals surface area contributed by atoms with Crippen molar-refractivity contribution in [3.05, 3.63) is 84.6 Å². The SMILES string of the molecule is COc1ccc(-c2ncc3n2CN(C(=O)c2cccc(OC)c2)c2ccccc2-3)cc1. The van der Waals surface area contributed by atoms with E-state index in [-0.39, 0.29) is 5.91 Å². The van der Waals surface area contributed by atoms with Gasteiger partial charge in [0.15, 0.2) is 0 Å². The minimum Gasteiger partial charge on any atom is -0.497 e. The number of hydrogen-bond acceptors (Lipinski definition) is 4. The lowest BCUT2D eigenvalue weighted by Crippen LogP contribution is -2.36. The Morgan fingerprint density at radius 3 is 2.45 bits per heavy atom. The van der Waals surface area contributed by atoms with Crippen molar-refractivity contribution in [3.63, 3.8) is 0 Å². The van der Waals surface area contributed by atoms with Crippen molar-refractivity contribution in [1.82, 2.24) is 9.55 Å². The molecule has 6 nitrogen and oxygen atoms in total. The van der Waals surface area contributed by atoms with Gasteiger partial charge < -0.3 is 14.0 Å². The van der Waals surface area contributed by atoms with Gasteiger partial charge in [-0.3, -0.25) is 9.69 Å². The van der Waals surface area contributed by atoms with E-state index in [1.807, 2.05) is 66.9 Å². The number of ether oxygens (including phenoxy) is 2. The van der Waals surface area contributed by atoms with E-state index in [0.29, 0.717) is 18.0 Å². The second-order valence-corrected chi connectivity index (χ2v) is 7.25. The first kappa shape index (κ1) is 18.9.